The lowest BCUT2D eigenvalue weighted by Crippen LogP contribution is -2.48. The van der Waals surface area contributed by atoms with Gasteiger partial charge in [0.05, 0.1) is 30.8 Å². The highest BCUT2D eigenvalue weighted by molar-refractivity contribution is 5.09. The first-order valence-corrected chi connectivity index (χ1v) is 7.30. The van der Waals surface area contributed by atoms with Crippen molar-refractivity contribution in [2.45, 2.75) is 39.0 Å². The van der Waals surface area contributed by atoms with Gasteiger partial charge < -0.3 is 14.6 Å². The number of ether oxygens (including phenoxy) is 1. The van der Waals surface area contributed by atoms with E-state index in [-0.39, 0.29) is 6.10 Å². The molecule has 2 heterocycles. The Morgan fingerprint density at radius 3 is 3.05 bits per heavy atom. The van der Waals surface area contributed by atoms with E-state index < -0.39 is 0 Å². The molecule has 5 nitrogen and oxygen atoms in total. The second-order valence-corrected chi connectivity index (χ2v) is 5.15. The summed E-state index contributed by atoms with van der Waals surface area (Å²) in [6, 6.07) is 0.293. The summed E-state index contributed by atoms with van der Waals surface area (Å²) >= 11 is 0. The van der Waals surface area contributed by atoms with Crippen LogP contribution < -0.4 is 5.32 Å². The average molecular weight is 266 g/mol. The van der Waals surface area contributed by atoms with E-state index in [2.05, 4.69) is 40.7 Å². The quantitative estimate of drug-likeness (QED) is 0.842. The zero-order valence-corrected chi connectivity index (χ0v) is 12.3. The Hall–Kier alpha value is -0.910. The van der Waals surface area contributed by atoms with Crippen LogP contribution in [0.4, 0.5) is 0 Å². The molecule has 2 rings (SSSR count). The zero-order valence-electron chi connectivity index (χ0n) is 12.3. The molecule has 5 heteroatoms. The lowest BCUT2D eigenvalue weighted by Gasteiger charge is -2.39. The molecule has 0 radical (unpaired) electrons. The van der Waals surface area contributed by atoms with E-state index in [1.165, 1.54) is 5.69 Å². The first-order valence-electron chi connectivity index (χ1n) is 7.30. The van der Waals surface area contributed by atoms with Crippen LogP contribution in [0.5, 0.6) is 0 Å². The van der Waals surface area contributed by atoms with Gasteiger partial charge in [0.2, 0.25) is 0 Å². The van der Waals surface area contributed by atoms with Crippen LogP contribution in [0.3, 0.4) is 0 Å². The molecule has 1 saturated heterocycles. The van der Waals surface area contributed by atoms with Crippen LogP contribution in [-0.4, -0.2) is 53.8 Å². The summed E-state index contributed by atoms with van der Waals surface area (Å²) in [5, 5.41) is 3.40. The lowest BCUT2D eigenvalue weighted by atomic mass is 10.0. The first kappa shape index (κ1) is 14.5. The van der Waals surface area contributed by atoms with Crippen molar-refractivity contribution in [1.82, 2.24) is 19.8 Å². The number of hydrogen-bond donors (Lipinski definition) is 1. The van der Waals surface area contributed by atoms with Crippen molar-refractivity contribution in [3.05, 3.63) is 18.2 Å². The van der Waals surface area contributed by atoms with Crippen molar-refractivity contribution in [3.8, 4) is 0 Å². The summed E-state index contributed by atoms with van der Waals surface area (Å²) < 4.78 is 8.23. The van der Waals surface area contributed by atoms with Crippen LogP contribution >= 0.6 is 0 Å². The zero-order chi connectivity index (χ0) is 13.7. The number of aryl methyl sites for hydroxylation is 1. The average Bonchev–Trinajstić information content (AvgIpc) is 2.85. The van der Waals surface area contributed by atoms with Gasteiger partial charge in [-0.25, -0.2) is 4.98 Å². The van der Waals surface area contributed by atoms with Gasteiger partial charge in [0, 0.05) is 25.8 Å². The Bertz CT molecular complexity index is 379. The van der Waals surface area contributed by atoms with Crippen LogP contribution in [0.1, 0.15) is 32.0 Å². The largest absolute Gasteiger partial charge is 0.374 e. The third-order valence-electron chi connectivity index (χ3n) is 3.71. The van der Waals surface area contributed by atoms with Crippen molar-refractivity contribution in [3.63, 3.8) is 0 Å². The van der Waals surface area contributed by atoms with E-state index in [0.29, 0.717) is 6.04 Å². The Morgan fingerprint density at radius 2 is 2.32 bits per heavy atom. The van der Waals surface area contributed by atoms with E-state index in [0.717, 1.165) is 39.2 Å². The highest BCUT2D eigenvalue weighted by Crippen LogP contribution is 2.28. The third-order valence-corrected chi connectivity index (χ3v) is 3.71. The number of aromatic nitrogens is 2. The molecule has 19 heavy (non-hydrogen) atoms. The van der Waals surface area contributed by atoms with Crippen molar-refractivity contribution < 1.29 is 4.74 Å². The monoisotopic (exact) mass is 266 g/mol. The molecule has 108 valence electrons. The van der Waals surface area contributed by atoms with Crippen molar-refractivity contribution in [1.29, 1.82) is 0 Å². The Labute approximate surface area is 116 Å². The Kier molecular flexibility index (Phi) is 5.36. The third kappa shape index (κ3) is 3.35. The molecule has 2 atom stereocenters. The van der Waals surface area contributed by atoms with Gasteiger partial charge in [-0.3, -0.25) is 4.90 Å². The van der Waals surface area contributed by atoms with Gasteiger partial charge in [-0.2, -0.15) is 0 Å². The maximum Gasteiger partial charge on any atom is 0.0948 e. The summed E-state index contributed by atoms with van der Waals surface area (Å²) in [6.07, 6.45) is 5.25. The summed E-state index contributed by atoms with van der Waals surface area (Å²) in [6.45, 7) is 9.00. The minimum Gasteiger partial charge on any atom is -0.374 e. The molecule has 1 aliphatic rings. The molecular weight excluding hydrogens is 240 g/mol. The highest BCUT2D eigenvalue weighted by Gasteiger charge is 2.33. The molecular formula is C14H26N4O. The number of imidazole rings is 1. The van der Waals surface area contributed by atoms with Crippen molar-refractivity contribution in [2.24, 2.45) is 0 Å². The van der Waals surface area contributed by atoms with Gasteiger partial charge >= 0.3 is 0 Å². The highest BCUT2D eigenvalue weighted by atomic mass is 16.5. The van der Waals surface area contributed by atoms with E-state index in [4.69, 9.17) is 4.74 Å². The molecule has 1 N–H and O–H groups in total. The molecule has 1 fully saturated rings. The van der Waals surface area contributed by atoms with E-state index >= 15 is 0 Å². The van der Waals surface area contributed by atoms with Crippen LogP contribution in [0.15, 0.2) is 12.5 Å². The van der Waals surface area contributed by atoms with Crippen LogP contribution in [0.2, 0.25) is 0 Å². The second kappa shape index (κ2) is 7.03. The Balaban J connectivity index is 2.17. The molecule has 0 aromatic carbocycles. The normalized spacial score (nSPS) is 24.8. The minimum atomic E-state index is 0.200. The molecule has 0 saturated carbocycles. The van der Waals surface area contributed by atoms with Crippen molar-refractivity contribution >= 4 is 0 Å². The van der Waals surface area contributed by atoms with Gasteiger partial charge in [0.25, 0.3) is 0 Å². The lowest BCUT2D eigenvalue weighted by molar-refractivity contribution is -0.0635. The fraction of sp³-hybridized carbons (Fsp3) is 0.786. The fourth-order valence-corrected chi connectivity index (χ4v) is 2.74. The molecule has 1 aromatic rings. The van der Waals surface area contributed by atoms with Gasteiger partial charge in [0.1, 0.15) is 0 Å². The van der Waals surface area contributed by atoms with Crippen LogP contribution in [0.25, 0.3) is 0 Å². The summed E-state index contributed by atoms with van der Waals surface area (Å²) in [7, 11) is 2.18. The maximum absolute atomic E-state index is 5.97. The SMILES string of the molecule is CCCn1cncc1C1C(CNCC)OCCN1C. The predicted octanol–water partition coefficient (Wildman–Crippen LogP) is 1.27. The topological polar surface area (TPSA) is 42.3 Å². The van der Waals surface area contributed by atoms with E-state index in [1.807, 2.05) is 12.5 Å². The summed E-state index contributed by atoms with van der Waals surface area (Å²) in [5.41, 5.74) is 1.27. The van der Waals surface area contributed by atoms with Crippen molar-refractivity contribution in [2.75, 3.05) is 33.3 Å². The van der Waals surface area contributed by atoms with Gasteiger partial charge in [-0.05, 0) is 20.0 Å². The number of morpholine rings is 1. The number of hydrogen-bond acceptors (Lipinski definition) is 4. The molecule has 1 aliphatic heterocycles. The predicted molar refractivity (Wildman–Crippen MR) is 76.2 cm³/mol. The number of nitrogens with one attached hydrogen (secondary N) is 1. The number of likely N-dealkylation sites (N-methyl/N-ethyl adjacent to an activating group) is 2. The van der Waals surface area contributed by atoms with Gasteiger partial charge in [-0.15, -0.1) is 0 Å². The molecule has 1 aromatic heterocycles. The van der Waals surface area contributed by atoms with Gasteiger partial charge in [0.15, 0.2) is 0 Å². The maximum atomic E-state index is 5.97. The number of rotatable bonds is 6. The smallest absolute Gasteiger partial charge is 0.0948 e. The molecule has 2 unspecified atom stereocenters. The van der Waals surface area contributed by atoms with Crippen LogP contribution in [-0.2, 0) is 11.3 Å². The summed E-state index contributed by atoms with van der Waals surface area (Å²) in [4.78, 5) is 6.71. The fourth-order valence-electron chi connectivity index (χ4n) is 2.74. The molecule has 0 bridgehead atoms. The van der Waals surface area contributed by atoms with E-state index in [9.17, 15) is 0 Å². The molecule has 0 spiro atoms. The second-order valence-electron chi connectivity index (χ2n) is 5.15. The van der Waals surface area contributed by atoms with Gasteiger partial charge in [-0.1, -0.05) is 13.8 Å². The summed E-state index contributed by atoms with van der Waals surface area (Å²) in [5.74, 6) is 0. The number of nitrogens with zero attached hydrogens (tertiary/aromatic N) is 3. The first-order chi connectivity index (χ1) is 9.27. The molecule has 0 aliphatic carbocycles. The standard InChI is InChI=1S/C14H26N4O/c1-4-6-18-11-16-9-12(18)14-13(10-15-5-2)19-8-7-17(14)3/h9,11,13-15H,4-8,10H2,1-3H3. The minimum absolute atomic E-state index is 0.200. The Morgan fingerprint density at radius 1 is 1.47 bits per heavy atom. The van der Waals surface area contributed by atoms with E-state index in [1.54, 1.807) is 0 Å². The van der Waals surface area contributed by atoms with Crippen LogP contribution in [0, 0.1) is 0 Å². The molecule has 0 amide bonds.